The van der Waals surface area contributed by atoms with Gasteiger partial charge in [0, 0.05) is 40.1 Å². The average molecular weight is 328 g/mol. The number of hydrogen-bond donors (Lipinski definition) is 0. The van der Waals surface area contributed by atoms with Crippen LogP contribution in [0.4, 0.5) is 0 Å². The second kappa shape index (κ2) is 7.10. The Morgan fingerprint density at radius 3 is 2.48 bits per heavy atom. The largest absolute Gasteiger partial charge is 0.340 e. The van der Waals surface area contributed by atoms with E-state index in [1.807, 2.05) is 18.3 Å². The van der Waals surface area contributed by atoms with E-state index in [4.69, 9.17) is 0 Å². The first-order valence-electron chi connectivity index (χ1n) is 9.31. The van der Waals surface area contributed by atoms with E-state index in [1.165, 1.54) is 53.1 Å². The zero-order chi connectivity index (χ0) is 17.1. The standard InChI is InChI=1S/C23H24N2/c1-2-3-4-9-16-25-22-12-6-5-10-19(22)20-17-18(13-14-23(20)25)21-11-7-8-15-24-21/h5-8,10-15,17H,2-4,9,16H2,1H3. The van der Waals surface area contributed by atoms with E-state index in [9.17, 15) is 0 Å². The van der Waals surface area contributed by atoms with Gasteiger partial charge in [-0.2, -0.15) is 0 Å². The Balaban J connectivity index is 1.81. The molecule has 0 spiro atoms. The molecule has 0 aliphatic heterocycles. The predicted octanol–water partition coefficient (Wildman–Crippen LogP) is 6.44. The van der Waals surface area contributed by atoms with Gasteiger partial charge in [-0.1, -0.05) is 56.5 Å². The molecule has 2 heteroatoms. The van der Waals surface area contributed by atoms with Crippen molar-refractivity contribution in [1.82, 2.24) is 9.55 Å². The molecule has 2 nitrogen and oxygen atoms in total. The Labute approximate surface area is 149 Å². The number of rotatable bonds is 6. The number of nitrogens with zero attached hydrogens (tertiary/aromatic N) is 2. The summed E-state index contributed by atoms with van der Waals surface area (Å²) in [5, 5.41) is 2.67. The monoisotopic (exact) mass is 328 g/mol. The van der Waals surface area contributed by atoms with E-state index >= 15 is 0 Å². The maximum atomic E-state index is 4.51. The Morgan fingerprint density at radius 1 is 0.800 bits per heavy atom. The van der Waals surface area contributed by atoms with Crippen molar-refractivity contribution in [2.45, 2.75) is 39.2 Å². The summed E-state index contributed by atoms with van der Waals surface area (Å²) in [6.07, 6.45) is 7.00. The Hall–Kier alpha value is -2.61. The van der Waals surface area contributed by atoms with Crippen molar-refractivity contribution in [2.24, 2.45) is 0 Å². The third-order valence-electron chi connectivity index (χ3n) is 4.97. The van der Waals surface area contributed by atoms with Gasteiger partial charge in [-0.25, -0.2) is 0 Å². The summed E-state index contributed by atoms with van der Waals surface area (Å²) in [5.41, 5.74) is 4.88. The molecule has 2 heterocycles. The maximum Gasteiger partial charge on any atom is 0.0702 e. The van der Waals surface area contributed by atoms with Gasteiger partial charge in [-0.15, -0.1) is 0 Å². The fourth-order valence-corrected chi connectivity index (χ4v) is 3.68. The van der Waals surface area contributed by atoms with Crippen molar-refractivity contribution in [2.75, 3.05) is 0 Å². The molecule has 126 valence electrons. The van der Waals surface area contributed by atoms with E-state index in [0.717, 1.165) is 12.2 Å². The molecule has 0 aliphatic rings. The highest BCUT2D eigenvalue weighted by Crippen LogP contribution is 2.32. The molecular weight excluding hydrogens is 304 g/mol. The molecule has 2 aromatic heterocycles. The first kappa shape index (κ1) is 15.9. The zero-order valence-corrected chi connectivity index (χ0v) is 14.8. The van der Waals surface area contributed by atoms with Gasteiger partial charge in [0.25, 0.3) is 0 Å². The predicted molar refractivity (Wildman–Crippen MR) is 107 cm³/mol. The minimum Gasteiger partial charge on any atom is -0.340 e. The highest BCUT2D eigenvalue weighted by atomic mass is 15.0. The maximum absolute atomic E-state index is 4.51. The van der Waals surface area contributed by atoms with Crippen LogP contribution in [-0.2, 0) is 6.54 Å². The van der Waals surface area contributed by atoms with Crippen LogP contribution in [0.5, 0.6) is 0 Å². The summed E-state index contributed by atoms with van der Waals surface area (Å²) < 4.78 is 2.49. The highest BCUT2D eigenvalue weighted by molar-refractivity contribution is 6.09. The Bertz CT molecular complexity index is 983. The van der Waals surface area contributed by atoms with Crippen LogP contribution in [0.1, 0.15) is 32.6 Å². The lowest BCUT2D eigenvalue weighted by atomic mass is 10.1. The van der Waals surface area contributed by atoms with E-state index < -0.39 is 0 Å². The zero-order valence-electron chi connectivity index (χ0n) is 14.8. The topological polar surface area (TPSA) is 17.8 Å². The number of benzene rings is 2. The quantitative estimate of drug-likeness (QED) is 0.373. The average Bonchev–Trinajstić information content (AvgIpc) is 2.99. The second-order valence-electron chi connectivity index (χ2n) is 6.68. The summed E-state index contributed by atoms with van der Waals surface area (Å²) in [5.74, 6) is 0. The Morgan fingerprint density at radius 2 is 1.64 bits per heavy atom. The number of aromatic nitrogens is 2. The molecule has 0 saturated carbocycles. The number of para-hydroxylation sites is 1. The van der Waals surface area contributed by atoms with Crippen molar-refractivity contribution < 1.29 is 0 Å². The molecule has 0 aliphatic carbocycles. The van der Waals surface area contributed by atoms with Gasteiger partial charge in [-0.05, 0) is 36.8 Å². The molecule has 0 unspecified atom stereocenters. The summed E-state index contributed by atoms with van der Waals surface area (Å²) in [7, 11) is 0. The van der Waals surface area contributed by atoms with Crippen LogP contribution in [0.3, 0.4) is 0 Å². The molecule has 0 radical (unpaired) electrons. The van der Waals surface area contributed by atoms with Gasteiger partial charge >= 0.3 is 0 Å². The summed E-state index contributed by atoms with van der Waals surface area (Å²) in [6.45, 7) is 3.35. The van der Waals surface area contributed by atoms with E-state index in [-0.39, 0.29) is 0 Å². The number of fused-ring (bicyclic) bond motifs is 3. The molecule has 0 bridgehead atoms. The van der Waals surface area contributed by atoms with Gasteiger partial charge in [0.15, 0.2) is 0 Å². The molecule has 4 rings (SSSR count). The lowest BCUT2D eigenvalue weighted by molar-refractivity contribution is 0.602. The lowest BCUT2D eigenvalue weighted by Gasteiger charge is -2.08. The van der Waals surface area contributed by atoms with Crippen molar-refractivity contribution in [3.63, 3.8) is 0 Å². The van der Waals surface area contributed by atoms with E-state index in [2.05, 4.69) is 65.0 Å². The molecule has 0 amide bonds. The number of hydrogen-bond acceptors (Lipinski definition) is 1. The van der Waals surface area contributed by atoms with Crippen LogP contribution in [0, 0.1) is 0 Å². The smallest absolute Gasteiger partial charge is 0.0702 e. The summed E-state index contributed by atoms with van der Waals surface area (Å²) >= 11 is 0. The molecule has 0 fully saturated rings. The van der Waals surface area contributed by atoms with Crippen molar-refractivity contribution in [3.8, 4) is 11.3 Å². The van der Waals surface area contributed by atoms with Crippen molar-refractivity contribution in [3.05, 3.63) is 66.9 Å². The van der Waals surface area contributed by atoms with Gasteiger partial charge in [-0.3, -0.25) is 4.98 Å². The van der Waals surface area contributed by atoms with Crippen LogP contribution in [0.2, 0.25) is 0 Å². The third kappa shape index (κ3) is 3.05. The van der Waals surface area contributed by atoms with Gasteiger partial charge in [0.05, 0.1) is 5.69 Å². The Kier molecular flexibility index (Phi) is 4.51. The molecular formula is C23H24N2. The fourth-order valence-electron chi connectivity index (χ4n) is 3.68. The first-order chi connectivity index (χ1) is 12.4. The lowest BCUT2D eigenvalue weighted by Crippen LogP contribution is -1.97. The number of pyridine rings is 1. The number of aryl methyl sites for hydroxylation is 1. The van der Waals surface area contributed by atoms with Gasteiger partial charge in [0.2, 0.25) is 0 Å². The van der Waals surface area contributed by atoms with Crippen LogP contribution in [0.25, 0.3) is 33.1 Å². The first-order valence-corrected chi connectivity index (χ1v) is 9.31. The normalized spacial score (nSPS) is 11.4. The molecule has 4 aromatic rings. The third-order valence-corrected chi connectivity index (χ3v) is 4.97. The molecule has 2 aromatic carbocycles. The van der Waals surface area contributed by atoms with Gasteiger partial charge in [0.1, 0.15) is 0 Å². The molecule has 25 heavy (non-hydrogen) atoms. The van der Waals surface area contributed by atoms with Crippen LogP contribution in [0.15, 0.2) is 66.9 Å². The second-order valence-corrected chi connectivity index (χ2v) is 6.68. The van der Waals surface area contributed by atoms with E-state index in [0.29, 0.717) is 0 Å². The van der Waals surface area contributed by atoms with Crippen LogP contribution >= 0.6 is 0 Å². The molecule has 0 N–H and O–H groups in total. The minimum absolute atomic E-state index is 1.03. The fraction of sp³-hybridized carbons (Fsp3) is 0.261. The summed E-state index contributed by atoms with van der Waals surface area (Å²) in [4.78, 5) is 4.51. The molecule has 0 atom stereocenters. The van der Waals surface area contributed by atoms with Gasteiger partial charge < -0.3 is 4.57 Å². The van der Waals surface area contributed by atoms with Crippen LogP contribution < -0.4 is 0 Å². The van der Waals surface area contributed by atoms with Crippen molar-refractivity contribution in [1.29, 1.82) is 0 Å². The summed E-state index contributed by atoms with van der Waals surface area (Å²) in [6, 6.07) is 21.6. The minimum atomic E-state index is 1.03. The highest BCUT2D eigenvalue weighted by Gasteiger charge is 2.11. The SMILES string of the molecule is CCCCCCn1c2ccccc2c2cc(-c3ccccn3)ccc21. The van der Waals surface area contributed by atoms with Crippen LogP contribution in [-0.4, -0.2) is 9.55 Å². The van der Waals surface area contributed by atoms with Crippen molar-refractivity contribution >= 4 is 21.8 Å². The number of unbranched alkanes of at least 4 members (excludes halogenated alkanes) is 3. The van der Waals surface area contributed by atoms with E-state index in [1.54, 1.807) is 0 Å². The molecule has 0 saturated heterocycles.